The van der Waals surface area contributed by atoms with Crippen LogP contribution >= 0.6 is 22.9 Å². The summed E-state index contributed by atoms with van der Waals surface area (Å²) >= 11 is 7.26. The number of hydrogen-bond acceptors (Lipinski definition) is 6. The highest BCUT2D eigenvalue weighted by molar-refractivity contribution is 7.22. The van der Waals surface area contributed by atoms with Gasteiger partial charge in [0, 0.05) is 13.1 Å². The lowest BCUT2D eigenvalue weighted by Crippen LogP contribution is -2.31. The molecule has 0 aliphatic carbocycles. The first-order valence-corrected chi connectivity index (χ1v) is 8.55. The minimum atomic E-state index is -0.798. The SMILES string of the molecule is COC(=O)c1cc2sc(NC(=O)N(C)c3ccccc3Cl)cc2oc1=O. The minimum Gasteiger partial charge on any atom is -0.465 e. The number of halogens is 1. The molecule has 3 rings (SSSR count). The van der Waals surface area contributed by atoms with E-state index in [-0.39, 0.29) is 11.1 Å². The molecule has 2 heterocycles. The van der Waals surface area contributed by atoms with Crippen molar-refractivity contribution in [2.75, 3.05) is 24.4 Å². The van der Waals surface area contributed by atoms with E-state index < -0.39 is 17.6 Å². The van der Waals surface area contributed by atoms with Gasteiger partial charge in [0.2, 0.25) is 0 Å². The number of rotatable bonds is 3. The number of methoxy groups -OCH3 is 1. The van der Waals surface area contributed by atoms with Crippen LogP contribution in [-0.2, 0) is 4.74 Å². The summed E-state index contributed by atoms with van der Waals surface area (Å²) in [5.74, 6) is -0.780. The van der Waals surface area contributed by atoms with Crippen LogP contribution in [0.25, 0.3) is 10.3 Å². The summed E-state index contributed by atoms with van der Waals surface area (Å²) in [5, 5.41) is 3.60. The Balaban J connectivity index is 1.87. The fourth-order valence-electron chi connectivity index (χ4n) is 2.25. The average Bonchev–Trinajstić information content (AvgIpc) is 3.01. The lowest BCUT2D eigenvalue weighted by Gasteiger charge is -2.18. The molecule has 0 aliphatic heterocycles. The van der Waals surface area contributed by atoms with E-state index >= 15 is 0 Å². The van der Waals surface area contributed by atoms with Gasteiger partial charge in [-0.3, -0.25) is 10.2 Å². The number of anilines is 2. The molecule has 2 aromatic heterocycles. The summed E-state index contributed by atoms with van der Waals surface area (Å²) in [6, 6.07) is 9.42. The second-order valence-corrected chi connectivity index (χ2v) is 6.71. The second-order valence-electron chi connectivity index (χ2n) is 5.22. The summed E-state index contributed by atoms with van der Waals surface area (Å²) in [4.78, 5) is 37.2. The van der Waals surface area contributed by atoms with E-state index in [1.165, 1.54) is 24.1 Å². The highest BCUT2D eigenvalue weighted by Gasteiger charge is 2.18. The number of nitrogens with one attached hydrogen (secondary N) is 1. The molecule has 1 N–H and O–H groups in total. The Morgan fingerprint density at radius 2 is 2.00 bits per heavy atom. The number of carbonyl (C=O) groups is 2. The van der Waals surface area contributed by atoms with E-state index in [0.29, 0.717) is 20.4 Å². The number of ether oxygens (including phenoxy) is 1. The first kappa shape index (κ1) is 18.0. The summed E-state index contributed by atoms with van der Waals surface area (Å²) in [6.45, 7) is 0. The van der Waals surface area contributed by atoms with Crippen molar-refractivity contribution in [2.24, 2.45) is 0 Å². The first-order chi connectivity index (χ1) is 12.4. The van der Waals surface area contributed by atoms with Crippen LogP contribution in [0.15, 0.2) is 45.6 Å². The van der Waals surface area contributed by atoms with Gasteiger partial charge in [0.1, 0.15) is 10.6 Å². The zero-order chi connectivity index (χ0) is 18.8. The molecular weight excluding hydrogens is 380 g/mol. The van der Waals surface area contributed by atoms with Crippen LogP contribution in [-0.4, -0.2) is 26.2 Å². The number of urea groups is 1. The molecule has 0 spiro atoms. The van der Waals surface area contributed by atoms with E-state index in [9.17, 15) is 14.4 Å². The molecule has 7 nitrogen and oxygen atoms in total. The maximum atomic E-state index is 12.4. The molecule has 9 heteroatoms. The van der Waals surface area contributed by atoms with Gasteiger partial charge >= 0.3 is 17.6 Å². The van der Waals surface area contributed by atoms with Gasteiger partial charge in [0.05, 0.1) is 22.5 Å². The monoisotopic (exact) mass is 392 g/mol. The third kappa shape index (κ3) is 3.42. The summed E-state index contributed by atoms with van der Waals surface area (Å²) in [5.41, 5.74) is -0.184. The molecule has 0 aliphatic rings. The fraction of sp³-hybridized carbons (Fsp3) is 0.118. The Labute approximate surface area is 156 Å². The van der Waals surface area contributed by atoms with Crippen molar-refractivity contribution in [3.63, 3.8) is 0 Å². The molecule has 3 aromatic rings. The number of benzene rings is 1. The van der Waals surface area contributed by atoms with Crippen molar-refractivity contribution < 1.29 is 18.7 Å². The molecule has 0 saturated heterocycles. The summed E-state index contributed by atoms with van der Waals surface area (Å²) in [7, 11) is 2.76. The van der Waals surface area contributed by atoms with Gasteiger partial charge in [-0.05, 0) is 18.2 Å². The van der Waals surface area contributed by atoms with Crippen LogP contribution in [0, 0.1) is 0 Å². The number of amides is 2. The lowest BCUT2D eigenvalue weighted by molar-refractivity contribution is 0.0596. The number of fused-ring (bicyclic) bond motifs is 1. The molecule has 0 saturated carbocycles. The minimum absolute atomic E-state index is 0.201. The number of carbonyl (C=O) groups excluding carboxylic acids is 2. The standard InChI is InChI=1S/C17H13ClN2O5S/c1-20(11-6-4-3-5-10(11)18)17(23)19-14-8-12-13(26-14)7-9(15(21)24-2)16(22)25-12/h3-8H,1-2H3,(H,19,23). The van der Waals surface area contributed by atoms with E-state index in [0.717, 1.165) is 11.3 Å². The van der Waals surface area contributed by atoms with Crippen LogP contribution in [0.1, 0.15) is 10.4 Å². The molecule has 0 radical (unpaired) electrons. The number of nitrogens with zero attached hydrogens (tertiary/aromatic N) is 1. The van der Waals surface area contributed by atoms with Gasteiger partial charge in [-0.25, -0.2) is 14.4 Å². The highest BCUT2D eigenvalue weighted by atomic mass is 35.5. The quantitative estimate of drug-likeness (QED) is 0.681. The molecule has 0 unspecified atom stereocenters. The van der Waals surface area contributed by atoms with Crippen molar-refractivity contribution in [1.82, 2.24) is 0 Å². The molecule has 26 heavy (non-hydrogen) atoms. The topological polar surface area (TPSA) is 88.8 Å². The normalized spacial score (nSPS) is 10.6. The fourth-order valence-corrected chi connectivity index (χ4v) is 3.43. The summed E-state index contributed by atoms with van der Waals surface area (Å²) < 4.78 is 10.2. The van der Waals surface area contributed by atoms with Gasteiger partial charge in [-0.1, -0.05) is 23.7 Å². The molecule has 2 amide bonds. The Hall–Kier alpha value is -2.84. The van der Waals surface area contributed by atoms with Crippen molar-refractivity contribution in [3.8, 4) is 0 Å². The van der Waals surface area contributed by atoms with Crippen LogP contribution in [0.4, 0.5) is 15.5 Å². The largest absolute Gasteiger partial charge is 0.465 e. The van der Waals surface area contributed by atoms with Crippen molar-refractivity contribution in [1.29, 1.82) is 0 Å². The lowest BCUT2D eigenvalue weighted by atomic mass is 10.3. The summed E-state index contributed by atoms with van der Waals surface area (Å²) in [6.07, 6.45) is 0. The van der Waals surface area contributed by atoms with Gasteiger partial charge in [0.15, 0.2) is 5.58 Å². The van der Waals surface area contributed by atoms with Crippen LogP contribution in [0.2, 0.25) is 5.02 Å². The van der Waals surface area contributed by atoms with Crippen molar-refractivity contribution in [3.05, 3.63) is 57.4 Å². The molecule has 0 fully saturated rings. The van der Waals surface area contributed by atoms with Crippen molar-refractivity contribution >= 4 is 55.9 Å². The maximum absolute atomic E-state index is 12.4. The zero-order valence-electron chi connectivity index (χ0n) is 13.7. The predicted octanol–water partition coefficient (Wildman–Crippen LogP) is 3.96. The number of para-hydroxylation sites is 1. The van der Waals surface area contributed by atoms with Gasteiger partial charge in [0.25, 0.3) is 0 Å². The first-order valence-electron chi connectivity index (χ1n) is 7.36. The van der Waals surface area contributed by atoms with Crippen LogP contribution in [0.3, 0.4) is 0 Å². The Morgan fingerprint density at radius 1 is 1.27 bits per heavy atom. The van der Waals surface area contributed by atoms with Gasteiger partial charge in [-0.2, -0.15) is 0 Å². The zero-order valence-corrected chi connectivity index (χ0v) is 15.3. The number of esters is 1. The second kappa shape index (κ2) is 7.19. The van der Waals surface area contributed by atoms with E-state index in [1.54, 1.807) is 31.3 Å². The molecular formula is C17H13ClN2O5S. The van der Waals surface area contributed by atoms with Gasteiger partial charge in [-0.15, -0.1) is 11.3 Å². The smallest absolute Gasteiger partial charge is 0.351 e. The van der Waals surface area contributed by atoms with E-state index in [4.69, 9.17) is 16.0 Å². The molecule has 0 atom stereocenters. The third-order valence-corrected chi connectivity index (χ3v) is 4.88. The maximum Gasteiger partial charge on any atom is 0.351 e. The molecule has 134 valence electrons. The molecule has 1 aromatic carbocycles. The predicted molar refractivity (Wildman–Crippen MR) is 101 cm³/mol. The van der Waals surface area contributed by atoms with Crippen LogP contribution < -0.4 is 15.8 Å². The number of hydrogen-bond donors (Lipinski definition) is 1. The Kier molecular flexibility index (Phi) is 4.97. The number of thiophene rings is 1. The molecule has 0 bridgehead atoms. The third-order valence-electron chi connectivity index (χ3n) is 3.58. The Morgan fingerprint density at radius 3 is 2.69 bits per heavy atom. The van der Waals surface area contributed by atoms with Gasteiger partial charge < -0.3 is 9.15 Å². The van der Waals surface area contributed by atoms with Crippen molar-refractivity contribution in [2.45, 2.75) is 0 Å². The van der Waals surface area contributed by atoms with Crippen LogP contribution in [0.5, 0.6) is 0 Å². The van der Waals surface area contributed by atoms with E-state index in [2.05, 4.69) is 10.1 Å². The highest BCUT2D eigenvalue weighted by Crippen LogP contribution is 2.30. The van der Waals surface area contributed by atoms with E-state index in [1.807, 2.05) is 0 Å². The Bertz CT molecular complexity index is 1060. The average molecular weight is 393 g/mol.